The van der Waals surface area contributed by atoms with Gasteiger partial charge in [0.1, 0.15) is 0 Å². The van der Waals surface area contributed by atoms with Crippen molar-refractivity contribution in [2.24, 2.45) is 0 Å². The largest absolute Gasteiger partial charge is 0.504 e. The minimum atomic E-state index is -0.523. The molecule has 0 radical (unpaired) electrons. The summed E-state index contributed by atoms with van der Waals surface area (Å²) in [5.74, 6) is 0.338. The van der Waals surface area contributed by atoms with E-state index in [1.165, 1.54) is 58.8 Å². The standard InChI is InChI=1S/C27H27NO8/c1-33-22-13-17(5-6-18-14-23(34-2)27(36-4)24(15-18)35-3)11-19(26(22)32)28-25(31)10-8-16-7-9-20(29)21(30)12-16/h5-15,29-30,32H,1-4H3,(H,28,31)/b6-5+,10-8+. The lowest BCUT2D eigenvalue weighted by Crippen LogP contribution is -2.08. The van der Waals surface area contributed by atoms with Crippen LogP contribution in [0.5, 0.6) is 40.2 Å². The highest BCUT2D eigenvalue weighted by Gasteiger charge is 2.14. The third kappa shape index (κ3) is 6.01. The first kappa shape index (κ1) is 25.8. The molecule has 1 amide bonds. The van der Waals surface area contributed by atoms with Crippen molar-refractivity contribution in [1.82, 2.24) is 0 Å². The van der Waals surface area contributed by atoms with Crippen LogP contribution in [0.3, 0.4) is 0 Å². The second-order valence-electron chi connectivity index (χ2n) is 7.48. The average molecular weight is 494 g/mol. The van der Waals surface area contributed by atoms with Crippen LogP contribution in [0.15, 0.2) is 48.5 Å². The van der Waals surface area contributed by atoms with Crippen LogP contribution < -0.4 is 24.3 Å². The smallest absolute Gasteiger partial charge is 0.248 e. The fourth-order valence-corrected chi connectivity index (χ4v) is 3.36. The van der Waals surface area contributed by atoms with Gasteiger partial charge in [0, 0.05) is 6.08 Å². The summed E-state index contributed by atoms with van der Waals surface area (Å²) in [4.78, 5) is 12.5. The molecule has 3 aromatic rings. The van der Waals surface area contributed by atoms with Crippen LogP contribution in [0.25, 0.3) is 18.2 Å². The van der Waals surface area contributed by atoms with Gasteiger partial charge in [0.05, 0.1) is 34.1 Å². The topological polar surface area (TPSA) is 127 Å². The van der Waals surface area contributed by atoms with Gasteiger partial charge in [-0.1, -0.05) is 18.2 Å². The number of amides is 1. The van der Waals surface area contributed by atoms with Crippen molar-refractivity contribution in [2.45, 2.75) is 0 Å². The summed E-state index contributed by atoms with van der Waals surface area (Å²) in [5, 5.41) is 32.1. The number of ether oxygens (including phenoxy) is 4. The molecule has 0 saturated carbocycles. The van der Waals surface area contributed by atoms with Gasteiger partial charge in [-0.2, -0.15) is 0 Å². The zero-order valence-electron chi connectivity index (χ0n) is 20.2. The molecular formula is C27H27NO8. The van der Waals surface area contributed by atoms with Gasteiger partial charge in [0.25, 0.3) is 0 Å². The van der Waals surface area contributed by atoms with Gasteiger partial charge in [-0.15, -0.1) is 0 Å². The first-order valence-corrected chi connectivity index (χ1v) is 10.7. The quantitative estimate of drug-likeness (QED) is 0.193. The Bertz CT molecular complexity index is 1290. The van der Waals surface area contributed by atoms with Gasteiger partial charge in [-0.05, 0) is 59.2 Å². The van der Waals surface area contributed by atoms with E-state index in [1.807, 2.05) is 0 Å². The van der Waals surface area contributed by atoms with Crippen LogP contribution in [0, 0.1) is 0 Å². The number of carbonyl (C=O) groups is 1. The number of aromatic hydroxyl groups is 3. The third-order valence-electron chi connectivity index (χ3n) is 5.16. The zero-order chi connectivity index (χ0) is 26.2. The van der Waals surface area contributed by atoms with E-state index in [1.54, 1.807) is 36.4 Å². The van der Waals surface area contributed by atoms with Crippen LogP contribution in [-0.4, -0.2) is 49.7 Å². The maximum Gasteiger partial charge on any atom is 0.248 e. The van der Waals surface area contributed by atoms with Crippen LogP contribution in [0.2, 0.25) is 0 Å². The molecule has 188 valence electrons. The van der Waals surface area contributed by atoms with Crippen LogP contribution in [0.4, 0.5) is 5.69 Å². The van der Waals surface area contributed by atoms with Crippen molar-refractivity contribution >= 4 is 29.8 Å². The Morgan fingerprint density at radius 1 is 0.694 bits per heavy atom. The first-order valence-electron chi connectivity index (χ1n) is 10.7. The average Bonchev–Trinajstić information content (AvgIpc) is 2.88. The van der Waals surface area contributed by atoms with Gasteiger partial charge < -0.3 is 39.6 Å². The Morgan fingerprint density at radius 3 is 1.83 bits per heavy atom. The summed E-state index contributed by atoms with van der Waals surface area (Å²) < 4.78 is 21.4. The molecule has 0 bridgehead atoms. The molecule has 0 spiro atoms. The number of hydrogen-bond donors (Lipinski definition) is 4. The minimum absolute atomic E-state index is 0.141. The zero-order valence-corrected chi connectivity index (χ0v) is 20.2. The van der Waals surface area contributed by atoms with Crippen molar-refractivity contribution in [2.75, 3.05) is 33.8 Å². The van der Waals surface area contributed by atoms with E-state index in [0.717, 1.165) is 5.56 Å². The van der Waals surface area contributed by atoms with E-state index in [4.69, 9.17) is 18.9 Å². The highest BCUT2D eigenvalue weighted by molar-refractivity contribution is 6.03. The summed E-state index contributed by atoms with van der Waals surface area (Å²) in [6.07, 6.45) is 6.26. The minimum Gasteiger partial charge on any atom is -0.504 e. The third-order valence-corrected chi connectivity index (χ3v) is 5.16. The number of benzene rings is 3. The highest BCUT2D eigenvalue weighted by Crippen LogP contribution is 2.39. The Kier molecular flexibility index (Phi) is 8.30. The lowest BCUT2D eigenvalue weighted by atomic mass is 10.1. The number of phenols is 3. The van der Waals surface area contributed by atoms with E-state index in [0.29, 0.717) is 28.4 Å². The normalized spacial score (nSPS) is 11.0. The number of nitrogens with one attached hydrogen (secondary N) is 1. The van der Waals surface area contributed by atoms with Gasteiger partial charge in [0.2, 0.25) is 11.7 Å². The maximum atomic E-state index is 12.5. The molecule has 36 heavy (non-hydrogen) atoms. The summed E-state index contributed by atoms with van der Waals surface area (Å²) in [6, 6.07) is 10.9. The monoisotopic (exact) mass is 493 g/mol. The second-order valence-corrected chi connectivity index (χ2v) is 7.48. The van der Waals surface area contributed by atoms with Crippen molar-refractivity contribution in [3.05, 3.63) is 65.2 Å². The molecule has 3 rings (SSSR count). The number of rotatable bonds is 9. The fourth-order valence-electron chi connectivity index (χ4n) is 3.36. The molecule has 0 aliphatic heterocycles. The second kappa shape index (κ2) is 11.6. The van der Waals surface area contributed by atoms with E-state index in [-0.39, 0.29) is 28.7 Å². The van der Waals surface area contributed by atoms with Gasteiger partial charge >= 0.3 is 0 Å². The Balaban J connectivity index is 1.86. The van der Waals surface area contributed by atoms with Gasteiger partial charge in [-0.3, -0.25) is 4.79 Å². The molecular weight excluding hydrogens is 466 g/mol. The van der Waals surface area contributed by atoms with E-state index in [9.17, 15) is 20.1 Å². The molecule has 4 N–H and O–H groups in total. The molecule has 9 nitrogen and oxygen atoms in total. The highest BCUT2D eigenvalue weighted by atomic mass is 16.5. The molecule has 0 aliphatic rings. The van der Waals surface area contributed by atoms with Crippen LogP contribution >= 0.6 is 0 Å². The van der Waals surface area contributed by atoms with Crippen molar-refractivity contribution in [1.29, 1.82) is 0 Å². The Morgan fingerprint density at radius 2 is 1.28 bits per heavy atom. The fraction of sp³-hybridized carbons (Fsp3) is 0.148. The van der Waals surface area contributed by atoms with Crippen molar-refractivity contribution in [3.8, 4) is 40.2 Å². The number of carbonyl (C=O) groups excluding carboxylic acids is 1. The molecule has 0 fully saturated rings. The molecule has 0 unspecified atom stereocenters. The number of anilines is 1. The molecule has 0 saturated heterocycles. The summed E-state index contributed by atoms with van der Waals surface area (Å²) in [5.41, 5.74) is 2.05. The molecule has 0 atom stereocenters. The van der Waals surface area contributed by atoms with Crippen molar-refractivity contribution in [3.63, 3.8) is 0 Å². The lowest BCUT2D eigenvalue weighted by Gasteiger charge is -2.13. The molecule has 0 heterocycles. The maximum absolute atomic E-state index is 12.5. The van der Waals surface area contributed by atoms with Crippen molar-refractivity contribution < 1.29 is 39.1 Å². The van der Waals surface area contributed by atoms with E-state index < -0.39 is 5.91 Å². The van der Waals surface area contributed by atoms with E-state index in [2.05, 4.69) is 5.32 Å². The lowest BCUT2D eigenvalue weighted by molar-refractivity contribution is -0.111. The molecule has 3 aromatic carbocycles. The number of methoxy groups -OCH3 is 4. The van der Waals surface area contributed by atoms with Gasteiger partial charge in [0.15, 0.2) is 34.5 Å². The molecule has 0 aromatic heterocycles. The SMILES string of the molecule is COc1cc(/C=C/c2cc(OC)c(OC)c(OC)c2)cc(NC(=O)/C=C/c2ccc(O)c(O)c2)c1O. The predicted molar refractivity (Wildman–Crippen MR) is 137 cm³/mol. The Hall–Kier alpha value is -4.79. The summed E-state index contributed by atoms with van der Waals surface area (Å²) in [6.45, 7) is 0. The summed E-state index contributed by atoms with van der Waals surface area (Å²) >= 11 is 0. The summed E-state index contributed by atoms with van der Waals surface area (Å²) in [7, 11) is 6.00. The number of phenolic OH excluding ortho intramolecular Hbond substituents is 3. The van der Waals surface area contributed by atoms with Gasteiger partial charge in [-0.25, -0.2) is 0 Å². The van der Waals surface area contributed by atoms with Crippen LogP contribution in [-0.2, 0) is 4.79 Å². The molecule has 9 heteroatoms. The van der Waals surface area contributed by atoms with E-state index >= 15 is 0 Å². The Labute approximate surface area is 208 Å². The number of hydrogen-bond acceptors (Lipinski definition) is 8. The van der Waals surface area contributed by atoms with Crippen LogP contribution in [0.1, 0.15) is 16.7 Å². The first-order chi connectivity index (χ1) is 17.3. The molecule has 0 aliphatic carbocycles. The predicted octanol–water partition coefficient (Wildman–Crippen LogP) is 4.66.